The molecule has 2 rings (SSSR count). The number of hydrogen-bond acceptors (Lipinski definition) is 3. The van der Waals surface area contributed by atoms with Gasteiger partial charge >= 0.3 is 5.97 Å². The Morgan fingerprint density at radius 1 is 1.41 bits per heavy atom. The Morgan fingerprint density at radius 2 is 2.09 bits per heavy atom. The molecule has 1 aromatic carbocycles. The predicted octanol–water partition coefficient (Wildman–Crippen LogP) is 4.72. The lowest BCUT2D eigenvalue weighted by Crippen LogP contribution is -2.41. The van der Waals surface area contributed by atoms with Crippen LogP contribution in [-0.2, 0) is 9.53 Å². The molecule has 0 saturated carbocycles. The minimum atomic E-state index is -0.507. The molecular weight excluding hydrogens is 298 g/mol. The van der Waals surface area contributed by atoms with Crippen LogP contribution in [0.4, 0.5) is 0 Å². The van der Waals surface area contributed by atoms with Gasteiger partial charge < -0.3 is 9.64 Å². The van der Waals surface area contributed by atoms with E-state index in [9.17, 15) is 4.79 Å². The molecule has 0 radical (unpaired) electrons. The molecule has 118 valence electrons. The van der Waals surface area contributed by atoms with Crippen LogP contribution >= 0.6 is 11.6 Å². The number of ether oxygens (including phenoxy) is 1. The average Bonchev–Trinajstić information content (AvgIpc) is 2.40. The van der Waals surface area contributed by atoms with Crippen LogP contribution in [0.5, 0.6) is 0 Å². The van der Waals surface area contributed by atoms with Gasteiger partial charge in [0.2, 0.25) is 0 Å². The maximum absolute atomic E-state index is 12.4. The molecule has 0 unspecified atom stereocenters. The third-order valence-electron chi connectivity index (χ3n) is 3.45. The van der Waals surface area contributed by atoms with Crippen molar-refractivity contribution in [3.05, 3.63) is 47.1 Å². The summed E-state index contributed by atoms with van der Waals surface area (Å²) in [5.74, 6) is -0.244. The summed E-state index contributed by atoms with van der Waals surface area (Å²) >= 11 is 6.08. The molecule has 1 heterocycles. The number of carbonyl (C=O) groups is 1. The van der Waals surface area contributed by atoms with Crippen LogP contribution < -0.4 is 0 Å². The highest BCUT2D eigenvalue weighted by atomic mass is 35.5. The van der Waals surface area contributed by atoms with E-state index in [1.54, 1.807) is 0 Å². The second-order valence-electron chi connectivity index (χ2n) is 6.36. The Kier molecular flexibility index (Phi) is 4.66. The van der Waals surface area contributed by atoms with Crippen LogP contribution in [-0.4, -0.2) is 22.5 Å². The SMILES string of the molecule is C=C1c2cc(Cl)ccc2C=CN1[C@@H](CC)C(=O)OC(C)(C)C. The maximum atomic E-state index is 12.4. The fraction of sp³-hybridized carbons (Fsp3) is 0.389. The fourth-order valence-corrected chi connectivity index (χ4v) is 2.62. The second kappa shape index (κ2) is 6.17. The highest BCUT2D eigenvalue weighted by molar-refractivity contribution is 6.30. The molecule has 0 bridgehead atoms. The summed E-state index contributed by atoms with van der Waals surface area (Å²) < 4.78 is 5.52. The molecule has 0 aliphatic carbocycles. The van der Waals surface area contributed by atoms with Gasteiger partial charge in [0.05, 0.1) is 0 Å². The zero-order valence-corrected chi connectivity index (χ0v) is 14.3. The molecule has 1 atom stereocenters. The summed E-state index contributed by atoms with van der Waals surface area (Å²) in [7, 11) is 0. The number of rotatable bonds is 3. The molecule has 3 nitrogen and oxygen atoms in total. The lowest BCUT2D eigenvalue weighted by atomic mass is 9.99. The molecule has 0 saturated heterocycles. The van der Waals surface area contributed by atoms with Crippen molar-refractivity contribution in [3.63, 3.8) is 0 Å². The van der Waals surface area contributed by atoms with E-state index in [1.807, 2.05) is 63.1 Å². The number of esters is 1. The summed E-state index contributed by atoms with van der Waals surface area (Å²) in [6, 6.07) is 5.27. The second-order valence-corrected chi connectivity index (χ2v) is 6.80. The van der Waals surface area contributed by atoms with Gasteiger partial charge in [-0.05, 0) is 51.0 Å². The van der Waals surface area contributed by atoms with Crippen LogP contribution in [0.1, 0.15) is 45.2 Å². The number of benzene rings is 1. The van der Waals surface area contributed by atoms with Gasteiger partial charge in [-0.2, -0.15) is 0 Å². The predicted molar refractivity (Wildman–Crippen MR) is 91.3 cm³/mol. The van der Waals surface area contributed by atoms with Crippen molar-refractivity contribution >= 4 is 29.3 Å². The van der Waals surface area contributed by atoms with E-state index in [2.05, 4.69) is 6.58 Å². The summed E-state index contributed by atoms with van der Waals surface area (Å²) in [6.07, 6.45) is 4.48. The summed E-state index contributed by atoms with van der Waals surface area (Å²) in [5, 5.41) is 0.653. The number of hydrogen-bond donors (Lipinski definition) is 0. The van der Waals surface area contributed by atoms with Crippen molar-refractivity contribution in [2.24, 2.45) is 0 Å². The number of carbonyl (C=O) groups excluding carboxylic acids is 1. The Balaban J connectivity index is 2.29. The quantitative estimate of drug-likeness (QED) is 0.755. The van der Waals surface area contributed by atoms with Gasteiger partial charge in [-0.15, -0.1) is 0 Å². The van der Waals surface area contributed by atoms with E-state index in [4.69, 9.17) is 16.3 Å². The lowest BCUT2D eigenvalue weighted by Gasteiger charge is -2.34. The first-order valence-corrected chi connectivity index (χ1v) is 7.79. The summed E-state index contributed by atoms with van der Waals surface area (Å²) in [4.78, 5) is 14.3. The average molecular weight is 320 g/mol. The maximum Gasteiger partial charge on any atom is 0.329 e. The van der Waals surface area contributed by atoms with Gasteiger partial charge in [0.1, 0.15) is 11.6 Å². The van der Waals surface area contributed by atoms with Crippen molar-refractivity contribution in [1.82, 2.24) is 4.90 Å². The number of halogens is 1. The van der Waals surface area contributed by atoms with Crippen molar-refractivity contribution in [2.75, 3.05) is 0 Å². The number of fused-ring (bicyclic) bond motifs is 1. The zero-order valence-electron chi connectivity index (χ0n) is 13.5. The first-order chi connectivity index (χ1) is 10.2. The van der Waals surface area contributed by atoms with Gasteiger partial charge in [0, 0.05) is 22.5 Å². The molecule has 1 aliphatic rings. The topological polar surface area (TPSA) is 29.5 Å². The molecular formula is C18H22ClNO2. The van der Waals surface area contributed by atoms with Crippen molar-refractivity contribution in [3.8, 4) is 0 Å². The van der Waals surface area contributed by atoms with Crippen molar-refractivity contribution < 1.29 is 9.53 Å². The highest BCUT2D eigenvalue weighted by Gasteiger charge is 2.31. The van der Waals surface area contributed by atoms with Crippen molar-refractivity contribution in [2.45, 2.75) is 45.8 Å². The van der Waals surface area contributed by atoms with Crippen LogP contribution in [0.2, 0.25) is 5.02 Å². The van der Waals surface area contributed by atoms with E-state index < -0.39 is 11.6 Å². The first kappa shape index (κ1) is 16.6. The Hall–Kier alpha value is -1.74. The monoisotopic (exact) mass is 319 g/mol. The van der Waals surface area contributed by atoms with Crippen LogP contribution in [0.25, 0.3) is 11.8 Å². The molecule has 0 amide bonds. The molecule has 22 heavy (non-hydrogen) atoms. The fourth-order valence-electron chi connectivity index (χ4n) is 2.45. The standard InChI is InChI=1S/C18H22ClNO2/c1-6-16(17(21)22-18(3,4)5)20-10-9-13-7-8-14(19)11-15(13)12(20)2/h7-11,16H,2,6H2,1,3-5H3/t16-/m0/s1. The van der Waals surface area contributed by atoms with Crippen molar-refractivity contribution in [1.29, 1.82) is 0 Å². The summed E-state index contributed by atoms with van der Waals surface area (Å²) in [5.41, 5.74) is 2.24. The lowest BCUT2D eigenvalue weighted by molar-refractivity contribution is -0.159. The van der Waals surface area contributed by atoms with Crippen LogP contribution in [0.15, 0.2) is 31.0 Å². The third-order valence-corrected chi connectivity index (χ3v) is 3.69. The summed E-state index contributed by atoms with van der Waals surface area (Å²) in [6.45, 7) is 11.7. The molecule has 0 N–H and O–H groups in total. The molecule has 4 heteroatoms. The molecule has 0 spiro atoms. The van der Waals surface area contributed by atoms with E-state index in [-0.39, 0.29) is 5.97 Å². The smallest absolute Gasteiger partial charge is 0.329 e. The number of nitrogens with zero attached hydrogens (tertiary/aromatic N) is 1. The third kappa shape index (κ3) is 3.53. The van der Waals surface area contributed by atoms with Gasteiger partial charge in [0.25, 0.3) is 0 Å². The van der Waals surface area contributed by atoms with Crippen LogP contribution in [0.3, 0.4) is 0 Å². The Bertz CT molecular complexity index is 628. The van der Waals surface area contributed by atoms with Gasteiger partial charge in [-0.1, -0.05) is 31.2 Å². The van der Waals surface area contributed by atoms with Crippen LogP contribution in [0, 0.1) is 0 Å². The van der Waals surface area contributed by atoms with Gasteiger partial charge in [-0.3, -0.25) is 0 Å². The Labute approximate surface area is 137 Å². The molecule has 0 fully saturated rings. The van der Waals surface area contributed by atoms with E-state index in [0.29, 0.717) is 11.4 Å². The normalized spacial score (nSPS) is 15.5. The van der Waals surface area contributed by atoms with E-state index >= 15 is 0 Å². The van der Waals surface area contributed by atoms with Gasteiger partial charge in [-0.25, -0.2) is 4.79 Å². The van der Waals surface area contributed by atoms with E-state index in [0.717, 1.165) is 16.8 Å². The largest absolute Gasteiger partial charge is 0.458 e. The van der Waals surface area contributed by atoms with Gasteiger partial charge in [0.15, 0.2) is 0 Å². The molecule has 1 aromatic rings. The minimum Gasteiger partial charge on any atom is -0.458 e. The first-order valence-electron chi connectivity index (χ1n) is 7.41. The minimum absolute atomic E-state index is 0.244. The molecule has 1 aliphatic heterocycles. The highest BCUT2D eigenvalue weighted by Crippen LogP contribution is 2.32. The molecule has 0 aromatic heterocycles. The Morgan fingerprint density at radius 3 is 2.68 bits per heavy atom. The van der Waals surface area contributed by atoms with E-state index in [1.165, 1.54) is 0 Å². The zero-order chi connectivity index (χ0) is 16.5.